The Hall–Kier alpha value is -3.60. The number of halogens is 2. The van der Waals surface area contributed by atoms with Gasteiger partial charge in [-0.15, -0.1) is 0 Å². The summed E-state index contributed by atoms with van der Waals surface area (Å²) in [7, 11) is 3.07. The molecule has 2 aliphatic heterocycles. The fraction of sp³-hybridized carbons (Fsp3) is 0.333. The third kappa shape index (κ3) is 4.73. The minimum Gasteiger partial charge on any atom is -0.495 e. The number of ether oxygens (including phenoxy) is 3. The average molecular weight is 569 g/mol. The topological polar surface area (TPSA) is 111 Å². The SMILES string of the molecule is C=CC(=O)N[C@H]1COC[C@H]1Nc1ncc2cc(-c3c(Cl)c(OC)cc(OC)c3Cl)nc(N3CC4=CC4C3)c2n1. The van der Waals surface area contributed by atoms with Crippen LogP contribution in [0.5, 0.6) is 11.5 Å². The Balaban J connectivity index is 1.42. The second-order valence-corrected chi connectivity index (χ2v) is 10.3. The molecule has 12 heteroatoms. The van der Waals surface area contributed by atoms with Crippen LogP contribution in [0, 0.1) is 5.92 Å². The van der Waals surface area contributed by atoms with Gasteiger partial charge in [0.25, 0.3) is 0 Å². The molecule has 39 heavy (non-hydrogen) atoms. The Morgan fingerprint density at radius 3 is 2.56 bits per heavy atom. The van der Waals surface area contributed by atoms with Crippen molar-refractivity contribution in [1.82, 2.24) is 20.3 Å². The van der Waals surface area contributed by atoms with E-state index in [1.165, 1.54) is 25.9 Å². The van der Waals surface area contributed by atoms with Crippen molar-refractivity contribution >= 4 is 51.8 Å². The fourth-order valence-corrected chi connectivity index (χ4v) is 5.73. The number of hydrogen-bond donors (Lipinski definition) is 2. The van der Waals surface area contributed by atoms with Crippen LogP contribution in [0.4, 0.5) is 11.8 Å². The van der Waals surface area contributed by atoms with Crippen molar-refractivity contribution in [3.05, 3.63) is 52.7 Å². The number of aromatic nitrogens is 3. The maximum atomic E-state index is 11.8. The summed E-state index contributed by atoms with van der Waals surface area (Å²) in [4.78, 5) is 28.5. The van der Waals surface area contributed by atoms with E-state index >= 15 is 0 Å². The molecule has 3 atom stereocenters. The third-order valence-electron chi connectivity index (χ3n) is 7.16. The van der Waals surface area contributed by atoms with Crippen LogP contribution in [0.3, 0.4) is 0 Å². The molecule has 10 nitrogen and oxygen atoms in total. The van der Waals surface area contributed by atoms with Gasteiger partial charge in [0, 0.05) is 42.2 Å². The fourth-order valence-electron chi connectivity index (χ4n) is 5.03. The van der Waals surface area contributed by atoms with Crippen LogP contribution in [0.2, 0.25) is 10.0 Å². The highest BCUT2D eigenvalue weighted by Gasteiger charge is 2.37. The molecule has 6 rings (SSSR count). The predicted molar refractivity (Wildman–Crippen MR) is 150 cm³/mol. The first-order chi connectivity index (χ1) is 18.9. The maximum absolute atomic E-state index is 11.8. The van der Waals surface area contributed by atoms with Gasteiger partial charge in [-0.2, -0.15) is 0 Å². The number of amides is 1. The van der Waals surface area contributed by atoms with Gasteiger partial charge in [-0.3, -0.25) is 4.79 Å². The molecule has 2 saturated heterocycles. The Morgan fingerprint density at radius 2 is 1.90 bits per heavy atom. The molecule has 1 aromatic carbocycles. The second kappa shape index (κ2) is 10.2. The van der Waals surface area contributed by atoms with E-state index in [-0.39, 0.29) is 18.0 Å². The van der Waals surface area contributed by atoms with Gasteiger partial charge in [0.2, 0.25) is 11.9 Å². The summed E-state index contributed by atoms with van der Waals surface area (Å²) < 4.78 is 16.5. The van der Waals surface area contributed by atoms with E-state index in [9.17, 15) is 4.79 Å². The zero-order valence-electron chi connectivity index (χ0n) is 21.3. The normalized spacial score (nSPS) is 21.4. The van der Waals surface area contributed by atoms with Crippen molar-refractivity contribution in [2.75, 3.05) is 50.7 Å². The summed E-state index contributed by atoms with van der Waals surface area (Å²) >= 11 is 13.5. The zero-order chi connectivity index (χ0) is 27.3. The molecule has 3 aliphatic rings. The number of nitrogens with one attached hydrogen (secondary N) is 2. The Labute approximate surface area is 235 Å². The largest absolute Gasteiger partial charge is 0.495 e. The lowest BCUT2D eigenvalue weighted by molar-refractivity contribution is -0.117. The Bertz CT molecular complexity index is 1500. The molecule has 0 spiro atoms. The predicted octanol–water partition coefficient (Wildman–Crippen LogP) is 3.87. The first kappa shape index (κ1) is 25.7. The van der Waals surface area contributed by atoms with Crippen molar-refractivity contribution < 1.29 is 19.0 Å². The molecule has 0 bridgehead atoms. The lowest BCUT2D eigenvalue weighted by atomic mass is 10.1. The van der Waals surface area contributed by atoms with Crippen molar-refractivity contribution in [2.24, 2.45) is 5.92 Å². The van der Waals surface area contributed by atoms with Gasteiger partial charge in [0.05, 0.1) is 55.3 Å². The van der Waals surface area contributed by atoms with Gasteiger partial charge >= 0.3 is 0 Å². The summed E-state index contributed by atoms with van der Waals surface area (Å²) in [6.45, 7) is 5.91. The number of benzene rings is 1. The number of fused-ring (bicyclic) bond motifs is 2. The number of carbonyl (C=O) groups is 1. The van der Waals surface area contributed by atoms with Gasteiger partial charge in [0.1, 0.15) is 17.0 Å². The molecule has 2 N–H and O–H groups in total. The van der Waals surface area contributed by atoms with Crippen molar-refractivity contribution in [3.63, 3.8) is 0 Å². The molecule has 0 saturated carbocycles. The highest BCUT2D eigenvalue weighted by Crippen LogP contribution is 2.47. The lowest BCUT2D eigenvalue weighted by Gasteiger charge is -2.22. The van der Waals surface area contributed by atoms with Crippen LogP contribution >= 0.6 is 23.2 Å². The van der Waals surface area contributed by atoms with E-state index in [4.69, 9.17) is 47.4 Å². The van der Waals surface area contributed by atoms with E-state index in [0.29, 0.717) is 69.2 Å². The van der Waals surface area contributed by atoms with Gasteiger partial charge in [-0.25, -0.2) is 15.0 Å². The number of nitrogens with zero attached hydrogens (tertiary/aromatic N) is 4. The van der Waals surface area contributed by atoms with Crippen LogP contribution in [-0.2, 0) is 9.53 Å². The number of methoxy groups -OCH3 is 2. The van der Waals surface area contributed by atoms with Crippen LogP contribution in [0.1, 0.15) is 0 Å². The number of hydrogen-bond acceptors (Lipinski definition) is 9. The molecular formula is C27H26Cl2N6O4. The molecule has 4 heterocycles. The van der Waals surface area contributed by atoms with E-state index in [0.717, 1.165) is 18.5 Å². The molecule has 202 valence electrons. The van der Waals surface area contributed by atoms with Gasteiger partial charge < -0.3 is 29.7 Å². The molecule has 1 unspecified atom stereocenters. The quantitative estimate of drug-likeness (QED) is 0.309. The summed E-state index contributed by atoms with van der Waals surface area (Å²) in [6, 6.07) is 3.07. The average Bonchev–Trinajstić information content (AvgIpc) is 3.31. The molecule has 0 radical (unpaired) electrons. The van der Waals surface area contributed by atoms with Crippen LogP contribution in [0.25, 0.3) is 22.2 Å². The van der Waals surface area contributed by atoms with Gasteiger partial charge in [0.15, 0.2) is 5.82 Å². The minimum absolute atomic E-state index is 0.200. The van der Waals surface area contributed by atoms with Crippen LogP contribution < -0.4 is 25.0 Å². The minimum atomic E-state index is -0.260. The maximum Gasteiger partial charge on any atom is 0.243 e. The number of carbonyl (C=O) groups excluding carboxylic acids is 1. The first-order valence-corrected chi connectivity index (χ1v) is 13.2. The summed E-state index contributed by atoms with van der Waals surface area (Å²) in [5.41, 5.74) is 3.14. The highest BCUT2D eigenvalue weighted by atomic mass is 35.5. The van der Waals surface area contributed by atoms with Gasteiger partial charge in [-0.1, -0.05) is 35.9 Å². The van der Waals surface area contributed by atoms with Crippen LogP contribution in [-0.4, -0.2) is 73.5 Å². The highest BCUT2D eigenvalue weighted by molar-refractivity contribution is 6.41. The molecule has 2 fully saturated rings. The number of rotatable bonds is 8. The Kier molecular flexibility index (Phi) is 6.70. The lowest BCUT2D eigenvalue weighted by Crippen LogP contribution is -2.45. The van der Waals surface area contributed by atoms with Crippen molar-refractivity contribution in [1.29, 1.82) is 0 Å². The van der Waals surface area contributed by atoms with Crippen molar-refractivity contribution in [2.45, 2.75) is 12.1 Å². The van der Waals surface area contributed by atoms with Crippen LogP contribution in [0.15, 0.2) is 42.6 Å². The zero-order valence-corrected chi connectivity index (χ0v) is 22.8. The monoisotopic (exact) mass is 568 g/mol. The molecular weight excluding hydrogens is 543 g/mol. The van der Waals surface area contributed by atoms with E-state index in [1.807, 2.05) is 6.07 Å². The molecule has 2 aromatic heterocycles. The second-order valence-electron chi connectivity index (χ2n) is 9.58. The molecule has 1 amide bonds. The van der Waals surface area contributed by atoms with Gasteiger partial charge in [-0.05, 0) is 17.7 Å². The standard InChI is InChI=1S/C27H26Cl2N6O4/c1-4-21(36)31-17-11-39-12-18(17)33-27-30-8-13-6-16(22-23(28)19(37-2)7-20(38-3)24(22)29)32-26(25(13)34-27)35-9-14-5-15(14)10-35/h4-8,14,17-18H,1,9-12H2,2-3H3,(H,31,36)(H,30,33,34)/t14?,17-,18+/m0/s1. The summed E-state index contributed by atoms with van der Waals surface area (Å²) in [6.07, 6.45) is 5.24. The van der Waals surface area contributed by atoms with Crippen molar-refractivity contribution in [3.8, 4) is 22.8 Å². The molecule has 3 aromatic rings. The summed E-state index contributed by atoms with van der Waals surface area (Å²) in [5.74, 6) is 2.18. The third-order valence-corrected chi connectivity index (χ3v) is 7.91. The smallest absolute Gasteiger partial charge is 0.243 e. The first-order valence-electron chi connectivity index (χ1n) is 12.4. The number of anilines is 2. The molecule has 1 aliphatic carbocycles. The van der Waals surface area contributed by atoms with E-state index in [1.54, 1.807) is 12.3 Å². The summed E-state index contributed by atoms with van der Waals surface area (Å²) in [5, 5.41) is 7.63. The van der Waals surface area contributed by atoms with E-state index in [2.05, 4.69) is 33.2 Å². The van der Waals surface area contributed by atoms with E-state index < -0.39 is 0 Å². The number of pyridine rings is 1. The Morgan fingerprint density at radius 1 is 1.15 bits per heavy atom.